The minimum Gasteiger partial charge on any atom is -0.494 e. The molecule has 2 aromatic rings. The molecule has 0 saturated carbocycles. The molecule has 2 rings (SSSR count). The van der Waals surface area contributed by atoms with Gasteiger partial charge in [-0.15, -0.1) is 11.3 Å². The number of rotatable bonds is 8. The molecule has 0 amide bonds. The van der Waals surface area contributed by atoms with Crippen LogP contribution in [-0.2, 0) is 11.2 Å². The monoisotopic (exact) mass is 306 g/mol. The average molecular weight is 306 g/mol. The van der Waals surface area contributed by atoms with Crippen molar-refractivity contribution in [2.75, 3.05) is 11.9 Å². The second-order valence-corrected chi connectivity index (χ2v) is 5.42. The van der Waals surface area contributed by atoms with E-state index in [1.165, 1.54) is 11.3 Å². The van der Waals surface area contributed by atoms with Crippen molar-refractivity contribution in [2.45, 2.75) is 26.2 Å². The van der Waals surface area contributed by atoms with Gasteiger partial charge in [0.05, 0.1) is 18.7 Å². The standard InChI is InChI=1S/C15H18N2O3S/c1-2-3-8-20-13-6-4-11(5-7-13)16-15-17-12(10-21-15)9-14(18)19/h4-7,10H,2-3,8-9H2,1H3,(H,16,17)(H,18,19). The maximum atomic E-state index is 10.6. The van der Waals surface area contributed by atoms with Gasteiger partial charge in [-0.3, -0.25) is 4.79 Å². The van der Waals surface area contributed by atoms with Crippen LogP contribution in [0.15, 0.2) is 29.6 Å². The minimum atomic E-state index is -0.875. The van der Waals surface area contributed by atoms with Crippen LogP contribution in [0.3, 0.4) is 0 Å². The van der Waals surface area contributed by atoms with Crippen LogP contribution in [-0.4, -0.2) is 22.7 Å². The number of benzene rings is 1. The summed E-state index contributed by atoms with van der Waals surface area (Å²) >= 11 is 1.39. The molecule has 0 aliphatic heterocycles. The molecule has 0 saturated heterocycles. The molecule has 21 heavy (non-hydrogen) atoms. The summed E-state index contributed by atoms with van der Waals surface area (Å²) in [6, 6.07) is 7.65. The summed E-state index contributed by atoms with van der Waals surface area (Å²) in [6.45, 7) is 2.86. The molecule has 6 heteroatoms. The van der Waals surface area contributed by atoms with Crippen LogP contribution >= 0.6 is 11.3 Å². The Morgan fingerprint density at radius 2 is 2.14 bits per heavy atom. The fourth-order valence-corrected chi connectivity index (χ4v) is 2.42. The topological polar surface area (TPSA) is 71.5 Å². The Balaban J connectivity index is 1.90. The molecule has 2 N–H and O–H groups in total. The van der Waals surface area contributed by atoms with Crippen molar-refractivity contribution in [3.63, 3.8) is 0 Å². The highest BCUT2D eigenvalue weighted by Gasteiger charge is 2.06. The lowest BCUT2D eigenvalue weighted by atomic mass is 10.3. The second-order valence-electron chi connectivity index (χ2n) is 4.57. The summed E-state index contributed by atoms with van der Waals surface area (Å²) in [7, 11) is 0. The van der Waals surface area contributed by atoms with Gasteiger partial charge in [0.2, 0.25) is 0 Å². The summed E-state index contributed by atoms with van der Waals surface area (Å²) in [5.41, 5.74) is 1.46. The first-order valence-electron chi connectivity index (χ1n) is 6.83. The number of thiazole rings is 1. The largest absolute Gasteiger partial charge is 0.494 e. The SMILES string of the molecule is CCCCOc1ccc(Nc2nc(CC(=O)O)cs2)cc1. The first-order chi connectivity index (χ1) is 10.2. The van der Waals surface area contributed by atoms with Crippen LogP contribution in [0.4, 0.5) is 10.8 Å². The normalized spacial score (nSPS) is 10.3. The molecule has 1 heterocycles. The van der Waals surface area contributed by atoms with E-state index in [2.05, 4.69) is 17.2 Å². The number of nitrogens with zero attached hydrogens (tertiary/aromatic N) is 1. The Bertz CT molecular complexity index is 581. The third-order valence-corrected chi connectivity index (χ3v) is 3.56. The number of carboxylic acid groups (broad SMARTS) is 1. The second kappa shape index (κ2) is 7.64. The van der Waals surface area contributed by atoms with E-state index in [0.29, 0.717) is 10.8 Å². The molecule has 0 spiro atoms. The quantitative estimate of drug-likeness (QED) is 0.728. The van der Waals surface area contributed by atoms with Crippen molar-refractivity contribution < 1.29 is 14.6 Å². The number of ether oxygens (including phenoxy) is 1. The third-order valence-electron chi connectivity index (χ3n) is 2.76. The van der Waals surface area contributed by atoms with Crippen molar-refractivity contribution in [2.24, 2.45) is 0 Å². The van der Waals surface area contributed by atoms with Gasteiger partial charge in [0.25, 0.3) is 0 Å². The summed E-state index contributed by atoms with van der Waals surface area (Å²) < 4.78 is 5.59. The molecular weight excluding hydrogens is 288 g/mol. The van der Waals surface area contributed by atoms with E-state index in [4.69, 9.17) is 9.84 Å². The van der Waals surface area contributed by atoms with E-state index in [-0.39, 0.29) is 6.42 Å². The van der Waals surface area contributed by atoms with Crippen molar-refractivity contribution in [1.82, 2.24) is 4.98 Å². The lowest BCUT2D eigenvalue weighted by Gasteiger charge is -2.07. The van der Waals surface area contributed by atoms with E-state index >= 15 is 0 Å². The van der Waals surface area contributed by atoms with Crippen molar-refractivity contribution in [3.05, 3.63) is 35.3 Å². The van der Waals surface area contributed by atoms with Gasteiger partial charge in [-0.25, -0.2) is 4.98 Å². The number of unbranched alkanes of at least 4 members (excludes halogenated alkanes) is 1. The molecule has 0 aliphatic carbocycles. The number of anilines is 2. The maximum Gasteiger partial charge on any atom is 0.309 e. The van der Waals surface area contributed by atoms with E-state index in [1.54, 1.807) is 5.38 Å². The highest BCUT2D eigenvalue weighted by Crippen LogP contribution is 2.23. The van der Waals surface area contributed by atoms with Gasteiger partial charge in [-0.2, -0.15) is 0 Å². The van der Waals surface area contributed by atoms with Gasteiger partial charge in [-0.05, 0) is 30.7 Å². The van der Waals surface area contributed by atoms with Gasteiger partial charge in [0, 0.05) is 11.1 Å². The lowest BCUT2D eigenvalue weighted by molar-refractivity contribution is -0.136. The minimum absolute atomic E-state index is 0.0532. The number of hydrogen-bond donors (Lipinski definition) is 2. The van der Waals surface area contributed by atoms with Crippen LogP contribution in [0.25, 0.3) is 0 Å². The number of carboxylic acids is 1. The van der Waals surface area contributed by atoms with Crippen LogP contribution < -0.4 is 10.1 Å². The Labute approximate surface area is 127 Å². The summed E-state index contributed by atoms with van der Waals surface area (Å²) in [6.07, 6.45) is 2.11. The van der Waals surface area contributed by atoms with Gasteiger partial charge in [0.1, 0.15) is 5.75 Å². The van der Waals surface area contributed by atoms with E-state index in [1.807, 2.05) is 24.3 Å². The van der Waals surface area contributed by atoms with Crippen molar-refractivity contribution in [1.29, 1.82) is 0 Å². The molecule has 112 valence electrons. The number of nitrogens with one attached hydrogen (secondary N) is 1. The molecule has 1 aromatic heterocycles. The number of aliphatic carboxylic acids is 1. The Kier molecular flexibility index (Phi) is 5.57. The number of carbonyl (C=O) groups is 1. The summed E-state index contributed by atoms with van der Waals surface area (Å²) in [5.74, 6) is -0.0277. The van der Waals surface area contributed by atoms with Crippen LogP contribution in [0.5, 0.6) is 5.75 Å². The summed E-state index contributed by atoms with van der Waals surface area (Å²) in [5, 5.41) is 14.3. The molecule has 0 atom stereocenters. The van der Waals surface area contributed by atoms with E-state index in [0.717, 1.165) is 30.9 Å². The Morgan fingerprint density at radius 3 is 2.81 bits per heavy atom. The average Bonchev–Trinajstić information content (AvgIpc) is 2.87. The fraction of sp³-hybridized carbons (Fsp3) is 0.333. The predicted octanol–water partition coefficient (Wildman–Crippen LogP) is 3.69. The zero-order valence-corrected chi connectivity index (χ0v) is 12.7. The molecule has 1 aromatic carbocycles. The van der Waals surface area contributed by atoms with Crippen LogP contribution in [0.1, 0.15) is 25.5 Å². The lowest BCUT2D eigenvalue weighted by Crippen LogP contribution is -2.00. The van der Waals surface area contributed by atoms with Gasteiger partial charge in [0.15, 0.2) is 5.13 Å². The predicted molar refractivity (Wildman–Crippen MR) is 83.6 cm³/mol. The molecular formula is C15H18N2O3S. The zero-order chi connectivity index (χ0) is 15.1. The molecule has 0 fully saturated rings. The third kappa shape index (κ3) is 5.07. The molecule has 0 unspecified atom stereocenters. The number of hydrogen-bond acceptors (Lipinski definition) is 5. The van der Waals surface area contributed by atoms with E-state index < -0.39 is 5.97 Å². The zero-order valence-electron chi connectivity index (χ0n) is 11.8. The summed E-state index contributed by atoms with van der Waals surface area (Å²) in [4.78, 5) is 14.8. The molecule has 5 nitrogen and oxygen atoms in total. The highest BCUT2D eigenvalue weighted by atomic mass is 32.1. The highest BCUT2D eigenvalue weighted by molar-refractivity contribution is 7.13. The molecule has 0 aliphatic rings. The van der Waals surface area contributed by atoms with Crippen molar-refractivity contribution >= 4 is 28.1 Å². The Morgan fingerprint density at radius 1 is 1.38 bits per heavy atom. The first-order valence-corrected chi connectivity index (χ1v) is 7.71. The number of aromatic nitrogens is 1. The smallest absolute Gasteiger partial charge is 0.309 e. The maximum absolute atomic E-state index is 10.6. The van der Waals surface area contributed by atoms with Gasteiger partial charge >= 0.3 is 5.97 Å². The van der Waals surface area contributed by atoms with E-state index in [9.17, 15) is 4.79 Å². The van der Waals surface area contributed by atoms with Gasteiger partial charge in [-0.1, -0.05) is 13.3 Å². The van der Waals surface area contributed by atoms with Crippen LogP contribution in [0, 0.1) is 0 Å². The van der Waals surface area contributed by atoms with Gasteiger partial charge < -0.3 is 15.2 Å². The molecule has 0 bridgehead atoms. The first kappa shape index (κ1) is 15.3. The van der Waals surface area contributed by atoms with Crippen LogP contribution in [0.2, 0.25) is 0 Å². The van der Waals surface area contributed by atoms with Crippen molar-refractivity contribution in [3.8, 4) is 5.75 Å². The Hall–Kier alpha value is -2.08. The molecule has 0 radical (unpaired) electrons. The fourth-order valence-electron chi connectivity index (χ4n) is 1.69.